The summed E-state index contributed by atoms with van der Waals surface area (Å²) in [6.45, 7) is 3.97. The summed E-state index contributed by atoms with van der Waals surface area (Å²) in [5, 5.41) is 3.94. The molecular weight excluding hydrogens is 384 g/mol. The van der Waals surface area contributed by atoms with E-state index in [1.54, 1.807) is 19.2 Å². The minimum absolute atomic E-state index is 0.177. The number of aromatic nitrogens is 1. The topological polar surface area (TPSA) is 72.6 Å². The average Bonchev–Trinajstić information content (AvgIpc) is 3.33. The lowest BCUT2D eigenvalue weighted by atomic mass is 10.1. The third-order valence-electron chi connectivity index (χ3n) is 4.70. The largest absolute Gasteiger partial charge is 0.488 e. The molecule has 2 aromatic heterocycles. The first-order chi connectivity index (χ1) is 12.9. The molecule has 0 saturated heterocycles. The molecule has 1 aliphatic rings. The third-order valence-corrected chi connectivity index (χ3v) is 8.09. The van der Waals surface area contributed by atoms with Gasteiger partial charge in [-0.2, -0.15) is 4.31 Å². The Hall–Kier alpha value is -2.16. The van der Waals surface area contributed by atoms with Crippen LogP contribution in [0.4, 0.5) is 0 Å². The fourth-order valence-corrected chi connectivity index (χ4v) is 6.19. The van der Waals surface area contributed by atoms with Crippen molar-refractivity contribution in [2.75, 3.05) is 13.6 Å². The first kappa shape index (κ1) is 18.2. The molecule has 4 rings (SSSR count). The van der Waals surface area contributed by atoms with Crippen molar-refractivity contribution >= 4 is 21.4 Å². The molecule has 1 unspecified atom stereocenters. The van der Waals surface area contributed by atoms with Crippen molar-refractivity contribution in [3.63, 3.8) is 0 Å². The first-order valence-electron chi connectivity index (χ1n) is 8.60. The molecule has 3 aromatic rings. The van der Waals surface area contributed by atoms with Gasteiger partial charge in [-0.05, 0) is 37.6 Å². The molecule has 0 aliphatic carbocycles. The minimum atomic E-state index is -3.59. The van der Waals surface area contributed by atoms with Crippen molar-refractivity contribution in [3.8, 4) is 16.2 Å². The van der Waals surface area contributed by atoms with Crippen molar-refractivity contribution in [3.05, 3.63) is 53.4 Å². The highest BCUT2D eigenvalue weighted by molar-refractivity contribution is 7.91. The highest BCUT2D eigenvalue weighted by Crippen LogP contribution is 2.36. The Bertz CT molecular complexity index is 1040. The number of ether oxygens (including phenoxy) is 1. The van der Waals surface area contributed by atoms with E-state index in [2.05, 4.69) is 5.16 Å². The maximum absolute atomic E-state index is 13.0. The number of para-hydroxylation sites is 1. The molecule has 0 radical (unpaired) electrons. The van der Waals surface area contributed by atoms with Gasteiger partial charge < -0.3 is 9.26 Å². The van der Waals surface area contributed by atoms with E-state index >= 15 is 0 Å². The lowest BCUT2D eigenvalue weighted by Crippen LogP contribution is -2.36. The molecule has 0 amide bonds. The molecule has 0 saturated carbocycles. The van der Waals surface area contributed by atoms with Gasteiger partial charge in [0, 0.05) is 18.3 Å². The fraction of sp³-hybridized carbons (Fsp3) is 0.316. The van der Waals surface area contributed by atoms with Gasteiger partial charge >= 0.3 is 0 Å². The number of benzene rings is 1. The van der Waals surface area contributed by atoms with E-state index in [9.17, 15) is 8.42 Å². The van der Waals surface area contributed by atoms with Crippen LogP contribution in [-0.2, 0) is 16.4 Å². The van der Waals surface area contributed by atoms with Crippen molar-refractivity contribution in [2.24, 2.45) is 0 Å². The summed E-state index contributed by atoms with van der Waals surface area (Å²) >= 11 is 1.23. The van der Waals surface area contributed by atoms with Crippen LogP contribution in [0.5, 0.6) is 5.75 Å². The van der Waals surface area contributed by atoms with Gasteiger partial charge in [-0.3, -0.25) is 0 Å². The molecule has 1 atom stereocenters. The summed E-state index contributed by atoms with van der Waals surface area (Å²) in [6, 6.07) is 11.3. The van der Waals surface area contributed by atoms with Crippen LogP contribution in [0.25, 0.3) is 10.4 Å². The van der Waals surface area contributed by atoms with Crippen LogP contribution in [0.3, 0.4) is 0 Å². The number of rotatable bonds is 5. The van der Waals surface area contributed by atoms with Crippen LogP contribution in [0.2, 0.25) is 0 Å². The number of hydrogen-bond donors (Lipinski definition) is 0. The summed E-state index contributed by atoms with van der Waals surface area (Å²) in [5.74, 6) is 1.52. The zero-order valence-electron chi connectivity index (χ0n) is 15.3. The van der Waals surface area contributed by atoms with Crippen LogP contribution in [0.15, 0.2) is 45.1 Å². The Balaban J connectivity index is 1.52. The Kier molecular flexibility index (Phi) is 4.57. The normalized spacial score (nSPS) is 16.5. The van der Waals surface area contributed by atoms with Crippen LogP contribution in [0.1, 0.15) is 17.0 Å². The van der Waals surface area contributed by atoms with Crippen LogP contribution in [-0.4, -0.2) is 37.6 Å². The standard InChI is InChI=1S/C19H20N2O4S2/c1-12-19(13(2)25-20-12)17-8-9-18(26-17)27(22,23)21(3)11-15-10-14-6-4-5-7-16(14)24-15/h4-9,15H,10-11H2,1-3H3. The first-order valence-corrected chi connectivity index (χ1v) is 10.9. The maximum atomic E-state index is 13.0. The smallest absolute Gasteiger partial charge is 0.252 e. The second kappa shape index (κ2) is 6.78. The summed E-state index contributed by atoms with van der Waals surface area (Å²) < 4.78 is 38.7. The second-order valence-corrected chi connectivity index (χ2v) is 10.0. The molecule has 6 nitrogen and oxygen atoms in total. The Morgan fingerprint density at radius 2 is 2.00 bits per heavy atom. The molecule has 0 N–H and O–H groups in total. The van der Waals surface area contributed by atoms with Gasteiger partial charge in [-0.25, -0.2) is 8.42 Å². The number of aryl methyl sites for hydroxylation is 2. The van der Waals surface area contributed by atoms with Gasteiger partial charge in [0.2, 0.25) is 0 Å². The number of thiophene rings is 1. The highest BCUT2D eigenvalue weighted by atomic mass is 32.2. The summed E-state index contributed by atoms with van der Waals surface area (Å²) in [7, 11) is -1.99. The van der Waals surface area contributed by atoms with Crippen LogP contribution < -0.4 is 4.74 Å². The lowest BCUT2D eigenvalue weighted by molar-refractivity contribution is 0.204. The van der Waals surface area contributed by atoms with Crippen LogP contribution >= 0.6 is 11.3 Å². The molecule has 0 fully saturated rings. The van der Waals surface area contributed by atoms with Crippen molar-refractivity contribution < 1.29 is 17.7 Å². The predicted octanol–water partition coefficient (Wildman–Crippen LogP) is 3.64. The molecule has 1 aliphatic heterocycles. The quantitative estimate of drug-likeness (QED) is 0.649. The van der Waals surface area contributed by atoms with Gasteiger partial charge in [-0.1, -0.05) is 23.4 Å². The van der Waals surface area contributed by atoms with E-state index in [0.29, 0.717) is 22.9 Å². The molecule has 0 spiro atoms. The lowest BCUT2D eigenvalue weighted by Gasteiger charge is -2.20. The van der Waals surface area contributed by atoms with E-state index in [1.165, 1.54) is 15.6 Å². The zero-order chi connectivity index (χ0) is 19.2. The molecule has 1 aromatic carbocycles. The minimum Gasteiger partial charge on any atom is -0.488 e. The summed E-state index contributed by atoms with van der Waals surface area (Å²) in [6.07, 6.45) is 0.536. The van der Waals surface area contributed by atoms with Crippen molar-refractivity contribution in [1.82, 2.24) is 9.46 Å². The van der Waals surface area contributed by atoms with Crippen molar-refractivity contribution in [2.45, 2.75) is 30.6 Å². The molecule has 8 heteroatoms. The van der Waals surface area contributed by atoms with E-state index in [-0.39, 0.29) is 6.10 Å². The SMILES string of the molecule is Cc1noc(C)c1-c1ccc(S(=O)(=O)N(C)CC2Cc3ccccc3O2)s1. The number of fused-ring (bicyclic) bond motifs is 1. The van der Waals surface area contributed by atoms with E-state index in [1.807, 2.05) is 38.1 Å². The van der Waals surface area contributed by atoms with Gasteiger partial charge in [0.05, 0.1) is 17.8 Å². The number of hydrogen-bond acceptors (Lipinski definition) is 6. The monoisotopic (exact) mass is 404 g/mol. The fourth-order valence-electron chi connectivity index (χ4n) is 3.32. The summed E-state index contributed by atoms with van der Waals surface area (Å²) in [4.78, 5) is 0.836. The molecule has 27 heavy (non-hydrogen) atoms. The third kappa shape index (κ3) is 3.28. The summed E-state index contributed by atoms with van der Waals surface area (Å²) in [5.41, 5.74) is 2.73. The van der Waals surface area contributed by atoms with Gasteiger partial charge in [0.25, 0.3) is 10.0 Å². The average molecular weight is 405 g/mol. The number of nitrogens with zero attached hydrogens (tertiary/aromatic N) is 2. The van der Waals surface area contributed by atoms with Gasteiger partial charge in [0.15, 0.2) is 0 Å². The maximum Gasteiger partial charge on any atom is 0.252 e. The Morgan fingerprint density at radius 1 is 1.22 bits per heavy atom. The van der Waals surface area contributed by atoms with Gasteiger partial charge in [0.1, 0.15) is 21.8 Å². The molecule has 142 valence electrons. The zero-order valence-corrected chi connectivity index (χ0v) is 16.9. The number of likely N-dealkylation sites (N-methyl/N-ethyl adjacent to an activating group) is 1. The second-order valence-electron chi connectivity index (χ2n) is 6.66. The van der Waals surface area contributed by atoms with E-state index in [0.717, 1.165) is 27.4 Å². The molecule has 0 bridgehead atoms. The van der Waals surface area contributed by atoms with Gasteiger partial charge in [-0.15, -0.1) is 11.3 Å². The Labute approximate surface area is 162 Å². The van der Waals surface area contributed by atoms with Crippen molar-refractivity contribution in [1.29, 1.82) is 0 Å². The predicted molar refractivity (Wildman–Crippen MR) is 104 cm³/mol. The molecular formula is C19H20N2O4S2. The van der Waals surface area contributed by atoms with E-state index in [4.69, 9.17) is 9.26 Å². The Morgan fingerprint density at radius 3 is 2.70 bits per heavy atom. The van der Waals surface area contributed by atoms with Crippen LogP contribution in [0, 0.1) is 13.8 Å². The highest BCUT2D eigenvalue weighted by Gasteiger charge is 2.30. The van der Waals surface area contributed by atoms with E-state index < -0.39 is 10.0 Å². The molecule has 3 heterocycles. The number of sulfonamides is 1.